The summed E-state index contributed by atoms with van der Waals surface area (Å²) in [5, 5.41) is 21.2. The fraction of sp³-hybridized carbons (Fsp3) is 0.520. The Labute approximate surface area is 185 Å². The molecule has 168 valence electrons. The van der Waals surface area contributed by atoms with E-state index in [0.29, 0.717) is 25.0 Å². The molecule has 2 aliphatic carbocycles. The number of benzene rings is 2. The monoisotopic (exact) mass is 444 g/mol. The molecule has 3 atom stereocenters. The van der Waals surface area contributed by atoms with Crippen molar-refractivity contribution in [2.24, 2.45) is 5.41 Å². The number of phenols is 1. The van der Waals surface area contributed by atoms with Crippen molar-refractivity contribution in [1.29, 1.82) is 0 Å². The highest BCUT2D eigenvalue weighted by atomic mass is 32.2. The maximum Gasteiger partial charge on any atom is 0.296 e. The number of hydrogen-bond donors (Lipinski definition) is 2. The SMILES string of the molecule is Cc1ccc(S(=O)(=O)OCCC[C@@]2(O)CC[C@]3(C)CCc4cc(O)ccc4[C@H]3C2)cc1. The Morgan fingerprint density at radius 3 is 2.58 bits per heavy atom. The van der Waals surface area contributed by atoms with Crippen molar-refractivity contribution >= 4 is 10.1 Å². The minimum Gasteiger partial charge on any atom is -0.508 e. The van der Waals surface area contributed by atoms with Gasteiger partial charge in [-0.2, -0.15) is 8.42 Å². The molecule has 2 aliphatic rings. The van der Waals surface area contributed by atoms with E-state index in [9.17, 15) is 18.6 Å². The second kappa shape index (κ2) is 8.23. The van der Waals surface area contributed by atoms with E-state index < -0.39 is 15.7 Å². The van der Waals surface area contributed by atoms with Crippen LogP contribution in [0.25, 0.3) is 0 Å². The summed E-state index contributed by atoms with van der Waals surface area (Å²) >= 11 is 0. The average molecular weight is 445 g/mol. The van der Waals surface area contributed by atoms with Crippen LogP contribution in [0.5, 0.6) is 5.75 Å². The molecule has 1 saturated carbocycles. The summed E-state index contributed by atoms with van der Waals surface area (Å²) in [4.78, 5) is 0.160. The standard InChI is InChI=1S/C25H32O5S/c1-18-4-7-21(8-5-18)31(28,29)30-15-3-11-25(27)14-13-24(2)12-10-19-16-20(26)6-9-22(19)23(24)17-25/h4-9,16,23,26-27H,3,10-15,17H2,1-2H3/t23-,24+,25-/m1/s1. The summed E-state index contributed by atoms with van der Waals surface area (Å²) in [6.07, 6.45) is 5.33. The van der Waals surface area contributed by atoms with Crippen molar-refractivity contribution in [1.82, 2.24) is 0 Å². The quantitative estimate of drug-likeness (QED) is 0.492. The van der Waals surface area contributed by atoms with E-state index in [2.05, 4.69) is 6.92 Å². The van der Waals surface area contributed by atoms with E-state index in [4.69, 9.17) is 4.18 Å². The topological polar surface area (TPSA) is 83.8 Å². The lowest BCUT2D eigenvalue weighted by molar-refractivity contribution is -0.0558. The first-order chi connectivity index (χ1) is 14.6. The van der Waals surface area contributed by atoms with Gasteiger partial charge in [0, 0.05) is 0 Å². The van der Waals surface area contributed by atoms with Crippen LogP contribution >= 0.6 is 0 Å². The molecule has 1 fully saturated rings. The molecule has 5 nitrogen and oxygen atoms in total. The third-order valence-corrected chi connectivity index (χ3v) is 8.72. The fourth-order valence-electron chi connectivity index (χ4n) is 5.34. The molecule has 2 N–H and O–H groups in total. The number of aryl methyl sites for hydroxylation is 2. The Bertz CT molecular complexity index is 1050. The van der Waals surface area contributed by atoms with Crippen molar-refractivity contribution < 1.29 is 22.8 Å². The average Bonchev–Trinajstić information content (AvgIpc) is 2.72. The number of phenolic OH excluding ortho intramolecular Hbond substituents is 1. The Morgan fingerprint density at radius 1 is 1.10 bits per heavy atom. The number of hydrogen-bond acceptors (Lipinski definition) is 5. The van der Waals surface area contributed by atoms with Gasteiger partial charge in [0.15, 0.2) is 0 Å². The smallest absolute Gasteiger partial charge is 0.296 e. The Kier molecular flexibility index (Phi) is 5.92. The first-order valence-electron chi connectivity index (χ1n) is 11.1. The molecule has 0 radical (unpaired) electrons. The predicted octanol–water partition coefficient (Wildman–Crippen LogP) is 4.84. The van der Waals surface area contributed by atoms with Crippen LogP contribution in [0.4, 0.5) is 0 Å². The first-order valence-corrected chi connectivity index (χ1v) is 12.5. The van der Waals surface area contributed by atoms with E-state index in [0.717, 1.165) is 31.2 Å². The van der Waals surface area contributed by atoms with Gasteiger partial charge in [-0.15, -0.1) is 0 Å². The molecule has 2 aromatic rings. The Morgan fingerprint density at radius 2 is 1.84 bits per heavy atom. The van der Waals surface area contributed by atoms with Crippen LogP contribution in [-0.2, 0) is 20.7 Å². The lowest BCUT2D eigenvalue weighted by Gasteiger charge is -2.51. The number of aliphatic hydroxyl groups is 1. The normalized spacial score (nSPS) is 28.0. The second-order valence-electron chi connectivity index (χ2n) is 9.71. The highest BCUT2D eigenvalue weighted by Crippen LogP contribution is 2.57. The maximum absolute atomic E-state index is 12.4. The van der Waals surface area contributed by atoms with E-state index in [1.165, 1.54) is 11.1 Å². The van der Waals surface area contributed by atoms with E-state index in [1.807, 2.05) is 19.1 Å². The Balaban J connectivity index is 1.38. The molecule has 0 saturated heterocycles. The van der Waals surface area contributed by atoms with Gasteiger partial charge in [0.25, 0.3) is 10.1 Å². The first kappa shape index (κ1) is 22.3. The molecule has 0 unspecified atom stereocenters. The largest absolute Gasteiger partial charge is 0.508 e. The second-order valence-corrected chi connectivity index (χ2v) is 11.3. The van der Waals surface area contributed by atoms with Crippen molar-refractivity contribution in [3.8, 4) is 5.75 Å². The molecular weight excluding hydrogens is 412 g/mol. The molecule has 6 heteroatoms. The van der Waals surface area contributed by atoms with E-state index >= 15 is 0 Å². The minimum atomic E-state index is -3.78. The maximum atomic E-state index is 12.4. The van der Waals surface area contributed by atoms with Gasteiger partial charge in [-0.1, -0.05) is 30.7 Å². The van der Waals surface area contributed by atoms with Gasteiger partial charge in [-0.3, -0.25) is 4.18 Å². The lowest BCUT2D eigenvalue weighted by atomic mass is 9.55. The zero-order valence-corrected chi connectivity index (χ0v) is 19.1. The molecule has 0 aliphatic heterocycles. The zero-order chi connectivity index (χ0) is 22.3. The van der Waals surface area contributed by atoms with Crippen molar-refractivity contribution in [2.75, 3.05) is 6.61 Å². The van der Waals surface area contributed by atoms with Crippen molar-refractivity contribution in [2.45, 2.75) is 75.2 Å². The number of fused-ring (bicyclic) bond motifs is 3. The lowest BCUT2D eigenvalue weighted by Crippen LogP contribution is -2.45. The summed E-state index contributed by atoms with van der Waals surface area (Å²) in [7, 11) is -3.78. The molecule has 0 aromatic heterocycles. The number of aromatic hydroxyl groups is 1. The molecule has 0 amide bonds. The Hall–Kier alpha value is -1.89. The van der Waals surface area contributed by atoms with Crippen LogP contribution < -0.4 is 0 Å². The molecule has 0 spiro atoms. The van der Waals surface area contributed by atoms with Gasteiger partial charge in [0.05, 0.1) is 17.1 Å². The van der Waals surface area contributed by atoms with E-state index in [-0.39, 0.29) is 22.8 Å². The van der Waals surface area contributed by atoms with E-state index in [1.54, 1.807) is 30.3 Å². The van der Waals surface area contributed by atoms with Gasteiger partial charge in [-0.25, -0.2) is 0 Å². The predicted molar refractivity (Wildman–Crippen MR) is 120 cm³/mol. The molecular formula is C25H32O5S. The van der Waals surface area contributed by atoms with Crippen molar-refractivity contribution in [3.05, 3.63) is 59.2 Å². The summed E-state index contributed by atoms with van der Waals surface area (Å²) in [6.45, 7) is 4.27. The molecule has 0 bridgehead atoms. The van der Waals surface area contributed by atoms with Crippen LogP contribution in [0.2, 0.25) is 0 Å². The molecule has 2 aromatic carbocycles. The highest BCUT2D eigenvalue weighted by molar-refractivity contribution is 7.86. The van der Waals surface area contributed by atoms with Gasteiger partial charge < -0.3 is 10.2 Å². The van der Waals surface area contributed by atoms with Crippen LogP contribution in [-0.4, -0.2) is 30.8 Å². The van der Waals surface area contributed by atoms with Crippen LogP contribution in [0.3, 0.4) is 0 Å². The van der Waals surface area contributed by atoms with Gasteiger partial charge in [-0.05, 0) is 98.6 Å². The van der Waals surface area contributed by atoms with Gasteiger partial charge in [0.1, 0.15) is 5.75 Å². The van der Waals surface area contributed by atoms with Crippen LogP contribution in [0, 0.1) is 12.3 Å². The third kappa shape index (κ3) is 4.66. The van der Waals surface area contributed by atoms with Crippen LogP contribution in [0.15, 0.2) is 47.4 Å². The fourth-order valence-corrected chi connectivity index (χ4v) is 6.29. The third-order valence-electron chi connectivity index (χ3n) is 7.39. The van der Waals surface area contributed by atoms with Gasteiger partial charge in [0.2, 0.25) is 0 Å². The number of rotatable bonds is 6. The molecule has 31 heavy (non-hydrogen) atoms. The highest BCUT2D eigenvalue weighted by Gasteiger charge is 2.48. The molecule has 0 heterocycles. The summed E-state index contributed by atoms with van der Waals surface area (Å²) in [5.41, 5.74) is 2.74. The van der Waals surface area contributed by atoms with Gasteiger partial charge >= 0.3 is 0 Å². The summed E-state index contributed by atoms with van der Waals surface area (Å²) in [6, 6.07) is 12.2. The molecule has 4 rings (SSSR count). The summed E-state index contributed by atoms with van der Waals surface area (Å²) in [5.74, 6) is 0.535. The zero-order valence-electron chi connectivity index (χ0n) is 18.3. The van der Waals surface area contributed by atoms with Crippen LogP contribution in [0.1, 0.15) is 68.1 Å². The van der Waals surface area contributed by atoms with Crippen molar-refractivity contribution in [3.63, 3.8) is 0 Å². The summed E-state index contributed by atoms with van der Waals surface area (Å²) < 4.78 is 29.9. The minimum absolute atomic E-state index is 0.0604.